The second kappa shape index (κ2) is 7.11. The van der Waals surface area contributed by atoms with E-state index in [2.05, 4.69) is 5.32 Å². The molecule has 1 heterocycles. The highest BCUT2D eigenvalue weighted by atomic mass is 16.4. The Morgan fingerprint density at radius 2 is 1.67 bits per heavy atom. The maximum atomic E-state index is 12.9. The molecule has 0 bridgehead atoms. The summed E-state index contributed by atoms with van der Waals surface area (Å²) >= 11 is 0. The van der Waals surface area contributed by atoms with Crippen LogP contribution in [0, 0.1) is 11.8 Å². The summed E-state index contributed by atoms with van der Waals surface area (Å²) in [6.45, 7) is 1.68. The third-order valence-corrected chi connectivity index (χ3v) is 6.08. The van der Waals surface area contributed by atoms with Crippen LogP contribution in [0.15, 0.2) is 0 Å². The number of carbonyl (C=O) groups is 3. The number of amides is 2. The van der Waals surface area contributed by atoms with E-state index in [1.54, 1.807) is 11.8 Å². The number of likely N-dealkylation sites (tertiary alicyclic amines) is 1. The van der Waals surface area contributed by atoms with Crippen molar-refractivity contribution < 1.29 is 19.5 Å². The Morgan fingerprint density at radius 1 is 1.04 bits per heavy atom. The second-order valence-corrected chi connectivity index (χ2v) is 7.66. The fourth-order valence-corrected chi connectivity index (χ4v) is 4.80. The summed E-state index contributed by atoms with van der Waals surface area (Å²) in [6.07, 6.45) is 8.50. The molecule has 0 radical (unpaired) electrons. The minimum atomic E-state index is -0.924. The van der Waals surface area contributed by atoms with Crippen molar-refractivity contribution in [3.05, 3.63) is 0 Å². The normalized spacial score (nSPS) is 31.5. The number of rotatable bonds is 4. The first-order chi connectivity index (χ1) is 11.5. The maximum absolute atomic E-state index is 12.9. The summed E-state index contributed by atoms with van der Waals surface area (Å²) in [4.78, 5) is 38.4. The number of carboxylic acid groups (broad SMARTS) is 1. The number of aliphatic carboxylic acids is 1. The summed E-state index contributed by atoms with van der Waals surface area (Å²) in [5.74, 6) is -0.909. The van der Waals surface area contributed by atoms with Crippen molar-refractivity contribution >= 4 is 17.8 Å². The van der Waals surface area contributed by atoms with Crippen LogP contribution in [0.1, 0.15) is 64.7 Å². The smallest absolute Gasteiger partial charge is 0.326 e. The van der Waals surface area contributed by atoms with E-state index in [0.29, 0.717) is 12.3 Å². The highest BCUT2D eigenvalue weighted by molar-refractivity contribution is 5.91. The van der Waals surface area contributed by atoms with E-state index in [9.17, 15) is 19.5 Å². The molecule has 6 nitrogen and oxygen atoms in total. The van der Waals surface area contributed by atoms with Gasteiger partial charge in [0.05, 0.1) is 0 Å². The van der Waals surface area contributed by atoms with Crippen molar-refractivity contribution in [3.8, 4) is 0 Å². The molecule has 1 aliphatic heterocycles. The number of hydrogen-bond donors (Lipinski definition) is 2. The van der Waals surface area contributed by atoms with E-state index < -0.39 is 18.1 Å². The maximum Gasteiger partial charge on any atom is 0.326 e. The van der Waals surface area contributed by atoms with Crippen LogP contribution in [0.4, 0.5) is 0 Å². The van der Waals surface area contributed by atoms with Crippen molar-refractivity contribution in [1.29, 1.82) is 0 Å². The monoisotopic (exact) mass is 336 g/mol. The first-order valence-corrected chi connectivity index (χ1v) is 9.34. The molecule has 6 heteroatoms. The van der Waals surface area contributed by atoms with Gasteiger partial charge in [0.25, 0.3) is 0 Å². The first kappa shape index (κ1) is 17.2. The standard InChI is InChI=1S/C18H28N2O4/c1-11(19-16(21)12-6-2-3-7-12)17(22)20-14-9-5-4-8-13(14)10-15(20)18(23)24/h11-15H,2-10H2,1H3,(H,19,21)(H,23,24). The number of nitrogens with zero attached hydrogens (tertiary/aromatic N) is 1. The third-order valence-electron chi connectivity index (χ3n) is 6.08. The van der Waals surface area contributed by atoms with Gasteiger partial charge in [-0.1, -0.05) is 25.7 Å². The van der Waals surface area contributed by atoms with Crippen LogP contribution in [-0.2, 0) is 14.4 Å². The molecule has 0 aromatic heterocycles. The van der Waals surface area contributed by atoms with Gasteiger partial charge in [0.15, 0.2) is 0 Å². The van der Waals surface area contributed by atoms with Gasteiger partial charge in [0, 0.05) is 12.0 Å². The zero-order valence-corrected chi connectivity index (χ0v) is 14.4. The zero-order chi connectivity index (χ0) is 17.3. The molecule has 2 amide bonds. The number of fused-ring (bicyclic) bond motifs is 1. The van der Waals surface area contributed by atoms with Crippen LogP contribution in [0.2, 0.25) is 0 Å². The van der Waals surface area contributed by atoms with E-state index >= 15 is 0 Å². The summed E-state index contributed by atoms with van der Waals surface area (Å²) in [5.41, 5.74) is 0. The number of carboxylic acids is 1. The Bertz CT molecular complexity index is 515. The largest absolute Gasteiger partial charge is 0.480 e. The van der Waals surface area contributed by atoms with Gasteiger partial charge >= 0.3 is 5.97 Å². The molecule has 134 valence electrons. The van der Waals surface area contributed by atoms with Crippen molar-refractivity contribution in [2.75, 3.05) is 0 Å². The molecule has 1 saturated heterocycles. The van der Waals surface area contributed by atoms with Crippen molar-refractivity contribution in [2.24, 2.45) is 11.8 Å². The highest BCUT2D eigenvalue weighted by Gasteiger charge is 2.48. The van der Waals surface area contributed by atoms with Gasteiger partial charge in [-0.2, -0.15) is 0 Å². The van der Waals surface area contributed by atoms with Gasteiger partial charge in [0.2, 0.25) is 11.8 Å². The highest BCUT2D eigenvalue weighted by Crippen LogP contribution is 2.40. The predicted molar refractivity (Wildman–Crippen MR) is 88.2 cm³/mol. The van der Waals surface area contributed by atoms with E-state index in [1.165, 1.54) is 0 Å². The van der Waals surface area contributed by atoms with Crippen molar-refractivity contribution in [2.45, 2.75) is 82.8 Å². The van der Waals surface area contributed by atoms with Gasteiger partial charge in [0.1, 0.15) is 12.1 Å². The molecule has 3 aliphatic rings. The molecule has 4 atom stereocenters. The lowest BCUT2D eigenvalue weighted by molar-refractivity contribution is -0.151. The molecular weight excluding hydrogens is 308 g/mol. The lowest BCUT2D eigenvalue weighted by Gasteiger charge is -2.34. The SMILES string of the molecule is CC(NC(=O)C1CCCC1)C(=O)N1C(C(=O)O)CC2CCCCC21. The van der Waals surface area contributed by atoms with Crippen LogP contribution in [0.3, 0.4) is 0 Å². The Kier molecular flexibility index (Phi) is 5.11. The van der Waals surface area contributed by atoms with Gasteiger partial charge in [-0.25, -0.2) is 4.79 Å². The molecule has 4 unspecified atom stereocenters. The lowest BCUT2D eigenvalue weighted by atomic mass is 9.84. The molecule has 2 saturated carbocycles. The summed E-state index contributed by atoms with van der Waals surface area (Å²) in [6, 6.07) is -1.37. The van der Waals surface area contributed by atoms with Crippen molar-refractivity contribution in [1.82, 2.24) is 10.2 Å². The molecule has 0 spiro atoms. The number of carbonyl (C=O) groups excluding carboxylic acids is 2. The molecule has 2 N–H and O–H groups in total. The summed E-state index contributed by atoms with van der Waals surface area (Å²) in [7, 11) is 0. The Morgan fingerprint density at radius 3 is 2.33 bits per heavy atom. The fraction of sp³-hybridized carbons (Fsp3) is 0.833. The van der Waals surface area contributed by atoms with Gasteiger partial charge in [-0.3, -0.25) is 9.59 Å². The van der Waals surface area contributed by atoms with E-state index in [0.717, 1.165) is 51.4 Å². The minimum absolute atomic E-state index is 0.0107. The third kappa shape index (κ3) is 3.28. The Hall–Kier alpha value is -1.59. The fourth-order valence-electron chi connectivity index (χ4n) is 4.80. The van der Waals surface area contributed by atoms with Gasteiger partial charge < -0.3 is 15.3 Å². The number of nitrogens with one attached hydrogen (secondary N) is 1. The van der Waals surface area contributed by atoms with E-state index in [-0.39, 0.29) is 23.8 Å². The molecule has 3 rings (SSSR count). The van der Waals surface area contributed by atoms with E-state index in [1.807, 2.05) is 0 Å². The predicted octanol–water partition coefficient (Wildman–Crippen LogP) is 1.93. The van der Waals surface area contributed by atoms with E-state index in [4.69, 9.17) is 0 Å². The minimum Gasteiger partial charge on any atom is -0.480 e. The lowest BCUT2D eigenvalue weighted by Crippen LogP contribution is -2.54. The van der Waals surface area contributed by atoms with Gasteiger partial charge in [-0.05, 0) is 44.9 Å². The Balaban J connectivity index is 1.68. The first-order valence-electron chi connectivity index (χ1n) is 9.34. The topological polar surface area (TPSA) is 86.7 Å². The quantitative estimate of drug-likeness (QED) is 0.821. The molecule has 24 heavy (non-hydrogen) atoms. The van der Waals surface area contributed by atoms with Crippen LogP contribution in [0.25, 0.3) is 0 Å². The van der Waals surface area contributed by atoms with Gasteiger partial charge in [-0.15, -0.1) is 0 Å². The number of hydrogen-bond acceptors (Lipinski definition) is 3. The Labute approximate surface area is 143 Å². The summed E-state index contributed by atoms with van der Waals surface area (Å²) < 4.78 is 0. The average molecular weight is 336 g/mol. The van der Waals surface area contributed by atoms with Crippen molar-refractivity contribution in [3.63, 3.8) is 0 Å². The molecule has 0 aromatic carbocycles. The molecular formula is C18H28N2O4. The second-order valence-electron chi connectivity index (χ2n) is 7.66. The summed E-state index contributed by atoms with van der Waals surface area (Å²) in [5, 5.41) is 12.4. The molecule has 2 aliphatic carbocycles. The van der Waals surface area contributed by atoms with Crippen LogP contribution < -0.4 is 5.32 Å². The molecule has 3 fully saturated rings. The zero-order valence-electron chi connectivity index (χ0n) is 14.4. The van der Waals surface area contributed by atoms with Crippen LogP contribution >= 0.6 is 0 Å². The van der Waals surface area contributed by atoms with Crippen LogP contribution in [-0.4, -0.2) is 45.9 Å². The average Bonchev–Trinajstić information content (AvgIpc) is 3.21. The van der Waals surface area contributed by atoms with Crippen LogP contribution in [0.5, 0.6) is 0 Å². The molecule has 0 aromatic rings.